The molecule has 2 aromatic rings. The highest BCUT2D eigenvalue weighted by atomic mass is 127. The molecular formula is C23H39IN6O2. The van der Waals surface area contributed by atoms with Crippen molar-refractivity contribution in [3.05, 3.63) is 47.8 Å². The van der Waals surface area contributed by atoms with Crippen LogP contribution in [0.2, 0.25) is 0 Å². The predicted molar refractivity (Wildman–Crippen MR) is 141 cm³/mol. The fourth-order valence-corrected chi connectivity index (χ4v) is 3.16. The van der Waals surface area contributed by atoms with Crippen LogP contribution in [-0.4, -0.2) is 65.1 Å². The quantitative estimate of drug-likeness (QED) is 0.211. The number of ether oxygens (including phenoxy) is 1. The molecule has 2 rings (SSSR count). The van der Waals surface area contributed by atoms with E-state index in [4.69, 9.17) is 9.73 Å². The highest BCUT2D eigenvalue weighted by Gasteiger charge is 2.25. The highest BCUT2D eigenvalue weighted by Crippen LogP contribution is 2.20. The Morgan fingerprint density at radius 3 is 2.56 bits per heavy atom. The van der Waals surface area contributed by atoms with Crippen LogP contribution in [0.1, 0.15) is 38.8 Å². The van der Waals surface area contributed by atoms with Crippen molar-refractivity contribution in [2.24, 2.45) is 12.0 Å². The minimum absolute atomic E-state index is 0. The van der Waals surface area contributed by atoms with Crippen molar-refractivity contribution in [1.29, 1.82) is 0 Å². The van der Waals surface area contributed by atoms with E-state index in [1.54, 1.807) is 17.8 Å². The number of hydrogen-bond acceptors (Lipinski definition) is 5. The first-order valence-corrected chi connectivity index (χ1v) is 11.1. The summed E-state index contributed by atoms with van der Waals surface area (Å²) in [6.45, 7) is 13.2. The number of benzene rings is 1. The zero-order valence-corrected chi connectivity index (χ0v) is 22.3. The summed E-state index contributed by atoms with van der Waals surface area (Å²) in [6, 6.07) is 8.00. The standard InChI is InChI=1S/C23H38N6O2.HI/c1-6-24-22(26-18-23(4,30)20-16-27-28(5)17-20)25-15-19-11-9-10-12-21(19)31-14-13-29(7-2)8-3;/h9-12,16-17,30H,6-8,13-15,18H2,1-5H3,(H2,24,25,26);1H. The van der Waals surface area contributed by atoms with E-state index in [1.807, 2.05) is 44.4 Å². The van der Waals surface area contributed by atoms with Crippen LogP contribution < -0.4 is 15.4 Å². The Bertz CT molecular complexity index is 820. The molecule has 1 unspecified atom stereocenters. The zero-order valence-electron chi connectivity index (χ0n) is 20.0. The van der Waals surface area contributed by atoms with E-state index in [-0.39, 0.29) is 24.0 Å². The largest absolute Gasteiger partial charge is 0.492 e. The SMILES string of the molecule is CCNC(=NCc1ccccc1OCCN(CC)CC)NCC(C)(O)c1cnn(C)c1.I. The molecule has 0 fully saturated rings. The molecule has 1 atom stereocenters. The topological polar surface area (TPSA) is 86.9 Å². The lowest BCUT2D eigenvalue weighted by Gasteiger charge is -2.23. The van der Waals surface area contributed by atoms with Gasteiger partial charge in [-0.05, 0) is 33.0 Å². The number of likely N-dealkylation sites (N-methyl/N-ethyl adjacent to an activating group) is 1. The Hall–Kier alpha value is -1.85. The molecule has 0 aliphatic heterocycles. The van der Waals surface area contributed by atoms with Crippen molar-refractivity contribution in [2.45, 2.75) is 39.8 Å². The second-order valence-electron chi connectivity index (χ2n) is 7.71. The summed E-state index contributed by atoms with van der Waals surface area (Å²) >= 11 is 0. The maximum Gasteiger partial charge on any atom is 0.191 e. The summed E-state index contributed by atoms with van der Waals surface area (Å²) in [6.07, 6.45) is 3.50. The van der Waals surface area contributed by atoms with Gasteiger partial charge < -0.3 is 25.4 Å². The Morgan fingerprint density at radius 1 is 1.22 bits per heavy atom. The van der Waals surface area contributed by atoms with E-state index in [0.717, 1.165) is 43.1 Å². The third-order valence-electron chi connectivity index (χ3n) is 5.21. The number of aromatic nitrogens is 2. The molecule has 1 heterocycles. The van der Waals surface area contributed by atoms with Crippen LogP contribution in [-0.2, 0) is 19.2 Å². The molecule has 8 nitrogen and oxygen atoms in total. The van der Waals surface area contributed by atoms with Crippen LogP contribution in [0.15, 0.2) is 41.7 Å². The maximum absolute atomic E-state index is 10.8. The average Bonchev–Trinajstić information content (AvgIpc) is 3.21. The maximum atomic E-state index is 10.8. The summed E-state index contributed by atoms with van der Waals surface area (Å²) in [5.74, 6) is 1.50. The number of rotatable bonds is 12. The van der Waals surface area contributed by atoms with Gasteiger partial charge in [-0.25, -0.2) is 4.99 Å². The van der Waals surface area contributed by atoms with Gasteiger partial charge in [0.2, 0.25) is 0 Å². The van der Waals surface area contributed by atoms with Crippen LogP contribution in [0.5, 0.6) is 5.75 Å². The van der Waals surface area contributed by atoms with Gasteiger partial charge in [-0.1, -0.05) is 32.0 Å². The molecule has 0 saturated carbocycles. The molecule has 32 heavy (non-hydrogen) atoms. The first kappa shape index (κ1) is 28.2. The fourth-order valence-electron chi connectivity index (χ4n) is 3.16. The lowest BCUT2D eigenvalue weighted by atomic mass is 10.00. The van der Waals surface area contributed by atoms with Crippen molar-refractivity contribution in [2.75, 3.05) is 39.3 Å². The van der Waals surface area contributed by atoms with Gasteiger partial charge in [-0.2, -0.15) is 5.10 Å². The van der Waals surface area contributed by atoms with Gasteiger partial charge in [-0.15, -0.1) is 24.0 Å². The zero-order chi connectivity index (χ0) is 22.7. The molecule has 180 valence electrons. The number of halogens is 1. The average molecular weight is 559 g/mol. The van der Waals surface area contributed by atoms with Gasteiger partial charge in [0.15, 0.2) is 5.96 Å². The number of aliphatic imine (C=N–C) groups is 1. The molecule has 1 aromatic carbocycles. The van der Waals surface area contributed by atoms with Gasteiger partial charge in [0.1, 0.15) is 18.0 Å². The number of nitrogens with one attached hydrogen (secondary N) is 2. The Balaban J connectivity index is 0.00000512. The fraction of sp³-hybridized carbons (Fsp3) is 0.565. The summed E-state index contributed by atoms with van der Waals surface area (Å²) in [5.41, 5.74) is 0.721. The molecule has 0 aliphatic rings. The third-order valence-corrected chi connectivity index (χ3v) is 5.21. The van der Waals surface area contributed by atoms with Crippen LogP contribution in [0.3, 0.4) is 0 Å². The monoisotopic (exact) mass is 558 g/mol. The van der Waals surface area contributed by atoms with E-state index in [1.165, 1.54) is 0 Å². The first-order chi connectivity index (χ1) is 14.9. The molecule has 0 bridgehead atoms. The number of nitrogens with zero attached hydrogens (tertiary/aromatic N) is 4. The number of aliphatic hydroxyl groups is 1. The van der Waals surface area contributed by atoms with Gasteiger partial charge in [0.25, 0.3) is 0 Å². The Labute approximate surface area is 209 Å². The van der Waals surface area contributed by atoms with Crippen LogP contribution in [0.4, 0.5) is 0 Å². The van der Waals surface area contributed by atoms with Gasteiger partial charge in [0, 0.05) is 37.5 Å². The normalized spacial score (nSPS) is 13.4. The second kappa shape index (κ2) is 14.3. The minimum atomic E-state index is -1.06. The molecule has 0 radical (unpaired) electrons. The van der Waals surface area contributed by atoms with E-state index in [9.17, 15) is 5.11 Å². The predicted octanol–water partition coefficient (Wildman–Crippen LogP) is 2.72. The van der Waals surface area contributed by atoms with E-state index in [2.05, 4.69) is 34.5 Å². The van der Waals surface area contributed by atoms with Crippen molar-refractivity contribution < 1.29 is 9.84 Å². The second-order valence-corrected chi connectivity index (χ2v) is 7.71. The Kier molecular flexibility index (Phi) is 12.6. The Morgan fingerprint density at radius 2 is 1.94 bits per heavy atom. The smallest absolute Gasteiger partial charge is 0.191 e. The van der Waals surface area contributed by atoms with E-state index in [0.29, 0.717) is 25.7 Å². The van der Waals surface area contributed by atoms with Crippen LogP contribution >= 0.6 is 24.0 Å². The molecule has 9 heteroatoms. The number of guanidine groups is 1. The molecular weight excluding hydrogens is 519 g/mol. The number of aryl methyl sites for hydroxylation is 1. The van der Waals surface area contributed by atoms with Crippen molar-refractivity contribution >= 4 is 29.9 Å². The van der Waals surface area contributed by atoms with E-state index < -0.39 is 5.60 Å². The summed E-state index contributed by atoms with van der Waals surface area (Å²) in [4.78, 5) is 7.03. The molecule has 1 aromatic heterocycles. The summed E-state index contributed by atoms with van der Waals surface area (Å²) in [7, 11) is 1.83. The molecule has 0 saturated heterocycles. The molecule has 0 spiro atoms. The third kappa shape index (κ3) is 8.95. The van der Waals surface area contributed by atoms with Gasteiger partial charge >= 0.3 is 0 Å². The lowest BCUT2D eigenvalue weighted by Crippen LogP contribution is -2.44. The highest BCUT2D eigenvalue weighted by molar-refractivity contribution is 14.0. The first-order valence-electron chi connectivity index (χ1n) is 11.1. The minimum Gasteiger partial charge on any atom is -0.492 e. The van der Waals surface area contributed by atoms with Crippen LogP contribution in [0.25, 0.3) is 0 Å². The van der Waals surface area contributed by atoms with E-state index >= 15 is 0 Å². The summed E-state index contributed by atoms with van der Waals surface area (Å²) in [5, 5.41) is 21.4. The van der Waals surface area contributed by atoms with Crippen LogP contribution in [0, 0.1) is 0 Å². The summed E-state index contributed by atoms with van der Waals surface area (Å²) < 4.78 is 7.72. The van der Waals surface area contributed by atoms with Crippen molar-refractivity contribution in [1.82, 2.24) is 25.3 Å². The number of hydrogen-bond donors (Lipinski definition) is 3. The number of para-hydroxylation sites is 1. The van der Waals surface area contributed by atoms with Crippen molar-refractivity contribution in [3.8, 4) is 5.75 Å². The van der Waals surface area contributed by atoms with Gasteiger partial charge in [-0.3, -0.25) is 4.68 Å². The lowest BCUT2D eigenvalue weighted by molar-refractivity contribution is 0.0616. The molecule has 3 N–H and O–H groups in total. The molecule has 0 amide bonds. The van der Waals surface area contributed by atoms with Crippen molar-refractivity contribution in [3.63, 3.8) is 0 Å². The molecule has 0 aliphatic carbocycles. The van der Waals surface area contributed by atoms with Gasteiger partial charge in [0.05, 0.1) is 19.3 Å².